The second-order valence-electron chi connectivity index (χ2n) is 4.99. The molecule has 0 saturated carbocycles. The van der Waals surface area contributed by atoms with E-state index in [2.05, 4.69) is 0 Å². The maximum Gasteiger partial charge on any atom is 0.282 e. The van der Waals surface area contributed by atoms with Gasteiger partial charge in [-0.25, -0.2) is 0 Å². The minimum atomic E-state index is -3.34. The van der Waals surface area contributed by atoms with E-state index < -0.39 is 10.2 Å². The summed E-state index contributed by atoms with van der Waals surface area (Å²) in [6, 6.07) is 9.42. The van der Waals surface area contributed by atoms with Crippen LogP contribution in [0.4, 0.5) is 0 Å². The number of hydrogen-bond acceptors (Lipinski definition) is 3. The maximum absolute atomic E-state index is 12.1. The summed E-state index contributed by atoms with van der Waals surface area (Å²) in [6.45, 7) is 4.53. The van der Waals surface area contributed by atoms with Crippen molar-refractivity contribution in [1.82, 2.24) is 8.61 Å². The summed E-state index contributed by atoms with van der Waals surface area (Å²) in [4.78, 5) is 0. The van der Waals surface area contributed by atoms with Crippen LogP contribution in [0, 0.1) is 0 Å². The first kappa shape index (κ1) is 14.3. The highest BCUT2D eigenvalue weighted by atomic mass is 32.2. The van der Waals surface area contributed by atoms with Gasteiger partial charge < -0.3 is 4.74 Å². The monoisotopic (exact) mass is 284 g/mol. The van der Waals surface area contributed by atoms with Crippen LogP contribution in [0.3, 0.4) is 0 Å². The molecule has 6 heteroatoms. The molecule has 1 aromatic rings. The van der Waals surface area contributed by atoms with Crippen LogP contribution in [0.25, 0.3) is 0 Å². The molecule has 1 heterocycles. The zero-order chi connectivity index (χ0) is 14.0. The van der Waals surface area contributed by atoms with E-state index in [9.17, 15) is 8.42 Å². The number of ether oxygens (including phenoxy) is 1. The van der Waals surface area contributed by atoms with E-state index in [4.69, 9.17) is 4.74 Å². The van der Waals surface area contributed by atoms with Gasteiger partial charge in [-0.15, -0.1) is 0 Å². The lowest BCUT2D eigenvalue weighted by atomic mass is 10.2. The second kappa shape index (κ2) is 5.48. The van der Waals surface area contributed by atoms with Gasteiger partial charge in [0, 0.05) is 13.1 Å². The third-order valence-corrected chi connectivity index (χ3v) is 5.38. The first-order valence-electron chi connectivity index (χ1n) is 6.36. The van der Waals surface area contributed by atoms with Crippen molar-refractivity contribution in [3.63, 3.8) is 0 Å². The summed E-state index contributed by atoms with van der Waals surface area (Å²) < 4.78 is 32.8. The van der Waals surface area contributed by atoms with Gasteiger partial charge in [0.25, 0.3) is 10.2 Å². The average Bonchev–Trinajstić information content (AvgIpc) is 2.33. The third kappa shape index (κ3) is 3.08. The molecule has 0 unspecified atom stereocenters. The Morgan fingerprint density at radius 2 is 1.84 bits per heavy atom. The molecule has 0 amide bonds. The Balaban J connectivity index is 1.90. The topological polar surface area (TPSA) is 49.9 Å². The van der Waals surface area contributed by atoms with E-state index >= 15 is 0 Å². The van der Waals surface area contributed by atoms with Crippen LogP contribution in [0.5, 0.6) is 5.75 Å². The average molecular weight is 284 g/mol. The minimum Gasteiger partial charge on any atom is -0.488 e. The number of para-hydroxylation sites is 1. The Bertz CT molecular complexity index is 510. The molecule has 0 bridgehead atoms. The summed E-state index contributed by atoms with van der Waals surface area (Å²) >= 11 is 0. The van der Waals surface area contributed by atoms with Crippen molar-refractivity contribution in [3.8, 4) is 5.75 Å². The lowest BCUT2D eigenvalue weighted by Gasteiger charge is -2.40. The Kier molecular flexibility index (Phi) is 4.13. The van der Waals surface area contributed by atoms with Gasteiger partial charge in [-0.3, -0.25) is 0 Å². The van der Waals surface area contributed by atoms with Crippen LogP contribution in [-0.2, 0) is 10.2 Å². The molecule has 1 aliphatic heterocycles. The molecule has 2 rings (SSSR count). The van der Waals surface area contributed by atoms with Crippen LogP contribution in [0.2, 0.25) is 0 Å². The molecule has 0 atom stereocenters. The fourth-order valence-corrected chi connectivity index (χ4v) is 3.41. The summed E-state index contributed by atoms with van der Waals surface area (Å²) in [6.07, 6.45) is -0.0577. The van der Waals surface area contributed by atoms with Crippen LogP contribution in [0.1, 0.15) is 13.8 Å². The van der Waals surface area contributed by atoms with Gasteiger partial charge in [0.1, 0.15) is 11.9 Å². The summed E-state index contributed by atoms with van der Waals surface area (Å²) in [5.41, 5.74) is 0. The van der Waals surface area contributed by atoms with Crippen molar-refractivity contribution in [3.05, 3.63) is 30.3 Å². The third-order valence-electron chi connectivity index (χ3n) is 3.28. The van der Waals surface area contributed by atoms with Crippen LogP contribution >= 0.6 is 0 Å². The van der Waals surface area contributed by atoms with E-state index in [1.165, 1.54) is 8.61 Å². The second-order valence-corrected chi connectivity index (χ2v) is 6.98. The van der Waals surface area contributed by atoms with E-state index in [0.29, 0.717) is 13.1 Å². The lowest BCUT2D eigenvalue weighted by Crippen LogP contribution is -2.59. The molecule has 0 spiro atoms. The van der Waals surface area contributed by atoms with Gasteiger partial charge in [0.05, 0.1) is 13.1 Å². The maximum atomic E-state index is 12.1. The van der Waals surface area contributed by atoms with Crippen molar-refractivity contribution < 1.29 is 13.2 Å². The molecule has 1 saturated heterocycles. The van der Waals surface area contributed by atoms with E-state index in [0.717, 1.165) is 5.75 Å². The molecular formula is C13H20N2O3S. The van der Waals surface area contributed by atoms with Gasteiger partial charge in [-0.05, 0) is 26.0 Å². The number of benzene rings is 1. The van der Waals surface area contributed by atoms with Crippen molar-refractivity contribution in [2.75, 3.05) is 20.1 Å². The van der Waals surface area contributed by atoms with E-state index in [-0.39, 0.29) is 12.1 Å². The molecule has 1 aromatic carbocycles. The molecule has 0 radical (unpaired) electrons. The molecule has 0 N–H and O–H groups in total. The molecule has 1 fully saturated rings. The highest BCUT2D eigenvalue weighted by molar-refractivity contribution is 7.86. The molecular weight excluding hydrogens is 264 g/mol. The van der Waals surface area contributed by atoms with Crippen LogP contribution < -0.4 is 4.74 Å². The van der Waals surface area contributed by atoms with Crippen LogP contribution in [-0.4, -0.2) is 49.3 Å². The first-order valence-corrected chi connectivity index (χ1v) is 7.76. The van der Waals surface area contributed by atoms with Crippen molar-refractivity contribution in [2.45, 2.75) is 26.0 Å². The normalized spacial score (nSPS) is 17.7. The lowest BCUT2D eigenvalue weighted by molar-refractivity contribution is 0.0712. The molecule has 106 valence electrons. The molecule has 5 nitrogen and oxygen atoms in total. The standard InChI is InChI=1S/C13H20N2O3S/c1-11(2)14(3)19(16,17)15-9-13(10-15)18-12-7-5-4-6-8-12/h4-8,11,13H,9-10H2,1-3H3. The quantitative estimate of drug-likeness (QED) is 0.820. The van der Waals surface area contributed by atoms with Gasteiger partial charge >= 0.3 is 0 Å². The van der Waals surface area contributed by atoms with Crippen molar-refractivity contribution in [2.24, 2.45) is 0 Å². The Hall–Kier alpha value is -1.11. The molecule has 0 aliphatic carbocycles. The van der Waals surface area contributed by atoms with Crippen molar-refractivity contribution in [1.29, 1.82) is 0 Å². The number of nitrogens with zero attached hydrogens (tertiary/aromatic N) is 2. The first-order chi connectivity index (χ1) is 8.91. The van der Waals surface area contributed by atoms with E-state index in [1.54, 1.807) is 7.05 Å². The Morgan fingerprint density at radius 1 is 1.26 bits per heavy atom. The summed E-state index contributed by atoms with van der Waals surface area (Å²) in [5.74, 6) is 0.779. The number of rotatable bonds is 5. The molecule has 1 aliphatic rings. The predicted molar refractivity (Wildman–Crippen MR) is 74.2 cm³/mol. The Labute approximate surface area is 115 Å². The SMILES string of the molecule is CC(C)N(C)S(=O)(=O)N1CC(Oc2ccccc2)C1. The zero-order valence-corrected chi connectivity index (χ0v) is 12.3. The minimum absolute atomic E-state index is 0.0425. The summed E-state index contributed by atoms with van der Waals surface area (Å²) in [5, 5.41) is 0. The predicted octanol–water partition coefficient (Wildman–Crippen LogP) is 1.33. The highest BCUT2D eigenvalue weighted by Gasteiger charge is 2.40. The smallest absolute Gasteiger partial charge is 0.282 e. The largest absolute Gasteiger partial charge is 0.488 e. The summed E-state index contributed by atoms with van der Waals surface area (Å²) in [7, 11) is -1.74. The van der Waals surface area contributed by atoms with Crippen LogP contribution in [0.15, 0.2) is 30.3 Å². The zero-order valence-electron chi connectivity index (χ0n) is 11.5. The fourth-order valence-electron chi connectivity index (χ4n) is 1.80. The van der Waals surface area contributed by atoms with Gasteiger partial charge in [-0.2, -0.15) is 17.0 Å². The number of hydrogen-bond donors (Lipinski definition) is 0. The van der Waals surface area contributed by atoms with E-state index in [1.807, 2.05) is 44.2 Å². The molecule has 0 aromatic heterocycles. The van der Waals surface area contributed by atoms with Gasteiger partial charge in [-0.1, -0.05) is 18.2 Å². The fraction of sp³-hybridized carbons (Fsp3) is 0.538. The Morgan fingerprint density at radius 3 is 2.37 bits per heavy atom. The van der Waals surface area contributed by atoms with Gasteiger partial charge in [0.2, 0.25) is 0 Å². The molecule has 19 heavy (non-hydrogen) atoms. The van der Waals surface area contributed by atoms with Crippen molar-refractivity contribution >= 4 is 10.2 Å². The van der Waals surface area contributed by atoms with Gasteiger partial charge in [0.15, 0.2) is 0 Å². The highest BCUT2D eigenvalue weighted by Crippen LogP contribution is 2.22.